The smallest absolute Gasteiger partial charge is 0.271 e. The minimum atomic E-state index is -0.694. The molecule has 32 heavy (non-hydrogen) atoms. The fraction of sp³-hybridized carbons (Fsp3) is 0.0435. The predicted octanol–water partition coefficient (Wildman–Crippen LogP) is 5.62. The van der Waals surface area contributed by atoms with Gasteiger partial charge in [0.1, 0.15) is 29.8 Å². The minimum Gasteiger partial charge on any atom is -0.488 e. The molecule has 1 amide bonds. The van der Waals surface area contributed by atoms with Crippen LogP contribution in [0.5, 0.6) is 5.75 Å². The second-order valence-corrected chi connectivity index (χ2v) is 7.39. The summed E-state index contributed by atoms with van der Waals surface area (Å²) in [5.41, 5.74) is 1.22. The Labute approximate surface area is 191 Å². The lowest BCUT2D eigenvalue weighted by Crippen LogP contribution is -2.13. The van der Waals surface area contributed by atoms with Gasteiger partial charge >= 0.3 is 0 Å². The SMILES string of the molecule is N#CC(=Cc1ccc(OCc2ccc(F)cc2)c(Br)c1)C(=O)Nc1cccc([N+](=O)[O-])c1. The molecule has 0 unspecified atom stereocenters. The fourth-order valence-electron chi connectivity index (χ4n) is 2.68. The van der Waals surface area contributed by atoms with Crippen molar-refractivity contribution in [2.45, 2.75) is 6.61 Å². The molecule has 3 aromatic carbocycles. The number of rotatable bonds is 7. The first kappa shape index (κ1) is 22.7. The molecule has 0 fully saturated rings. The fourth-order valence-corrected chi connectivity index (χ4v) is 3.19. The Kier molecular flexibility index (Phi) is 7.31. The normalized spacial score (nSPS) is 10.8. The summed E-state index contributed by atoms with van der Waals surface area (Å²) in [5.74, 6) is -0.485. The summed E-state index contributed by atoms with van der Waals surface area (Å²) in [6.45, 7) is 0.239. The van der Waals surface area contributed by atoms with E-state index in [1.54, 1.807) is 30.3 Å². The first-order valence-electron chi connectivity index (χ1n) is 9.20. The van der Waals surface area contributed by atoms with Crippen LogP contribution in [-0.4, -0.2) is 10.8 Å². The molecule has 3 rings (SSSR count). The van der Waals surface area contributed by atoms with Crippen molar-refractivity contribution in [3.63, 3.8) is 0 Å². The largest absolute Gasteiger partial charge is 0.488 e. The van der Waals surface area contributed by atoms with Crippen molar-refractivity contribution in [3.05, 3.63) is 104 Å². The number of nitriles is 1. The molecule has 0 bridgehead atoms. The highest BCUT2D eigenvalue weighted by Crippen LogP contribution is 2.28. The molecule has 7 nitrogen and oxygen atoms in total. The van der Waals surface area contributed by atoms with E-state index < -0.39 is 10.8 Å². The molecule has 0 heterocycles. The van der Waals surface area contributed by atoms with Crippen LogP contribution in [0.25, 0.3) is 6.08 Å². The second kappa shape index (κ2) is 10.3. The maximum absolute atomic E-state index is 13.0. The van der Waals surface area contributed by atoms with E-state index in [1.807, 2.05) is 6.07 Å². The van der Waals surface area contributed by atoms with Gasteiger partial charge in [0.2, 0.25) is 0 Å². The van der Waals surface area contributed by atoms with E-state index in [-0.39, 0.29) is 29.4 Å². The Morgan fingerprint density at radius 1 is 1.19 bits per heavy atom. The number of benzene rings is 3. The van der Waals surface area contributed by atoms with E-state index in [4.69, 9.17) is 4.74 Å². The van der Waals surface area contributed by atoms with E-state index in [0.717, 1.165) is 5.56 Å². The lowest BCUT2D eigenvalue weighted by Gasteiger charge is -2.09. The minimum absolute atomic E-state index is 0.176. The quantitative estimate of drug-likeness (QED) is 0.198. The molecule has 0 aliphatic carbocycles. The number of nitro benzene ring substituents is 1. The molecule has 0 spiro atoms. The van der Waals surface area contributed by atoms with Gasteiger partial charge in [-0.2, -0.15) is 5.26 Å². The van der Waals surface area contributed by atoms with E-state index in [9.17, 15) is 24.6 Å². The van der Waals surface area contributed by atoms with Crippen molar-refractivity contribution in [3.8, 4) is 11.8 Å². The summed E-state index contributed by atoms with van der Waals surface area (Å²) in [7, 11) is 0. The third kappa shape index (κ3) is 6.00. The number of nitro groups is 1. The van der Waals surface area contributed by atoms with Gasteiger partial charge in [0.25, 0.3) is 11.6 Å². The summed E-state index contributed by atoms with van der Waals surface area (Å²) in [4.78, 5) is 22.7. The van der Waals surface area contributed by atoms with Crippen molar-refractivity contribution in [1.29, 1.82) is 5.26 Å². The van der Waals surface area contributed by atoms with Crippen LogP contribution in [0.2, 0.25) is 0 Å². The van der Waals surface area contributed by atoms with E-state index in [1.165, 1.54) is 42.5 Å². The number of halogens is 2. The molecule has 0 aromatic heterocycles. The van der Waals surface area contributed by atoms with Gasteiger partial charge in [-0.1, -0.05) is 24.3 Å². The lowest BCUT2D eigenvalue weighted by atomic mass is 10.1. The number of carbonyl (C=O) groups excluding carboxylic acids is 1. The van der Waals surface area contributed by atoms with Crippen LogP contribution in [0.4, 0.5) is 15.8 Å². The number of nitrogens with one attached hydrogen (secondary N) is 1. The Morgan fingerprint density at radius 2 is 1.94 bits per heavy atom. The monoisotopic (exact) mass is 495 g/mol. The third-order valence-corrected chi connectivity index (χ3v) is 4.87. The molecule has 9 heteroatoms. The first-order chi connectivity index (χ1) is 15.4. The molecule has 0 aliphatic heterocycles. The second-order valence-electron chi connectivity index (χ2n) is 6.54. The Balaban J connectivity index is 1.71. The molecule has 0 aliphatic rings. The molecule has 0 atom stereocenters. The summed E-state index contributed by atoms with van der Waals surface area (Å²) < 4.78 is 19.3. The number of amides is 1. The number of carbonyl (C=O) groups is 1. The van der Waals surface area contributed by atoms with Gasteiger partial charge in [-0.05, 0) is 63.5 Å². The Hall–Kier alpha value is -4.03. The molecule has 0 saturated carbocycles. The molecule has 0 saturated heterocycles. The van der Waals surface area contributed by atoms with Gasteiger partial charge in [-0.25, -0.2) is 4.39 Å². The highest BCUT2D eigenvalue weighted by Gasteiger charge is 2.13. The summed E-state index contributed by atoms with van der Waals surface area (Å²) >= 11 is 3.39. The molecule has 3 aromatic rings. The number of anilines is 1. The average molecular weight is 496 g/mol. The van der Waals surface area contributed by atoms with Crippen LogP contribution in [0.15, 0.2) is 76.8 Å². The van der Waals surface area contributed by atoms with Crippen LogP contribution in [-0.2, 0) is 11.4 Å². The van der Waals surface area contributed by atoms with Crippen LogP contribution >= 0.6 is 15.9 Å². The van der Waals surface area contributed by atoms with Gasteiger partial charge in [-0.15, -0.1) is 0 Å². The highest BCUT2D eigenvalue weighted by atomic mass is 79.9. The van der Waals surface area contributed by atoms with Crippen molar-refractivity contribution in [2.24, 2.45) is 0 Å². The third-order valence-electron chi connectivity index (χ3n) is 4.25. The van der Waals surface area contributed by atoms with Gasteiger partial charge < -0.3 is 10.1 Å². The van der Waals surface area contributed by atoms with Crippen LogP contribution in [0.1, 0.15) is 11.1 Å². The van der Waals surface area contributed by atoms with Gasteiger partial charge in [0, 0.05) is 17.8 Å². The van der Waals surface area contributed by atoms with Crippen molar-refractivity contribution in [1.82, 2.24) is 0 Å². The number of nitrogens with zero attached hydrogens (tertiary/aromatic N) is 2. The summed E-state index contributed by atoms with van der Waals surface area (Å²) in [6, 6.07) is 18.2. The van der Waals surface area contributed by atoms with Crippen LogP contribution in [0, 0.1) is 27.3 Å². The van der Waals surface area contributed by atoms with Gasteiger partial charge in [0.05, 0.1) is 9.40 Å². The van der Waals surface area contributed by atoms with Gasteiger partial charge in [-0.3, -0.25) is 14.9 Å². The van der Waals surface area contributed by atoms with E-state index in [2.05, 4.69) is 21.2 Å². The van der Waals surface area contributed by atoms with E-state index in [0.29, 0.717) is 15.8 Å². The highest BCUT2D eigenvalue weighted by molar-refractivity contribution is 9.10. The maximum atomic E-state index is 13.0. The zero-order valence-corrected chi connectivity index (χ0v) is 18.0. The lowest BCUT2D eigenvalue weighted by molar-refractivity contribution is -0.384. The molecule has 160 valence electrons. The average Bonchev–Trinajstić information content (AvgIpc) is 2.78. The first-order valence-corrected chi connectivity index (χ1v) is 9.99. The number of ether oxygens (including phenoxy) is 1. The summed E-state index contributed by atoms with van der Waals surface area (Å²) in [5, 5.41) is 22.7. The van der Waals surface area contributed by atoms with Crippen LogP contribution in [0.3, 0.4) is 0 Å². The summed E-state index contributed by atoms with van der Waals surface area (Å²) in [6.07, 6.45) is 1.39. The molecule has 0 radical (unpaired) electrons. The number of hydrogen-bond donors (Lipinski definition) is 1. The predicted molar refractivity (Wildman–Crippen MR) is 120 cm³/mol. The molecular weight excluding hydrogens is 481 g/mol. The Bertz CT molecular complexity index is 1240. The number of hydrogen-bond acceptors (Lipinski definition) is 5. The van der Waals surface area contributed by atoms with Gasteiger partial charge in [0.15, 0.2) is 0 Å². The topological polar surface area (TPSA) is 105 Å². The zero-order valence-electron chi connectivity index (χ0n) is 16.4. The van der Waals surface area contributed by atoms with Crippen molar-refractivity contribution < 1.29 is 18.8 Å². The van der Waals surface area contributed by atoms with E-state index >= 15 is 0 Å². The molecule has 1 N–H and O–H groups in total. The standard InChI is InChI=1S/C23H15BrFN3O4/c24-21-11-16(6-9-22(21)32-14-15-4-7-18(25)8-5-15)10-17(13-26)23(29)27-19-2-1-3-20(12-19)28(30)31/h1-12H,14H2,(H,27,29). The van der Waals surface area contributed by atoms with Crippen LogP contribution < -0.4 is 10.1 Å². The maximum Gasteiger partial charge on any atom is 0.271 e. The molecular formula is C23H15BrFN3O4. The van der Waals surface area contributed by atoms with Crippen molar-refractivity contribution >= 4 is 39.3 Å². The Morgan fingerprint density at radius 3 is 2.59 bits per heavy atom. The number of non-ortho nitro benzene ring substituents is 1. The zero-order chi connectivity index (χ0) is 23.1. The van der Waals surface area contributed by atoms with Crippen molar-refractivity contribution in [2.75, 3.05) is 5.32 Å².